The fourth-order valence-corrected chi connectivity index (χ4v) is 4.62. The summed E-state index contributed by atoms with van der Waals surface area (Å²) in [4.78, 5) is 35.6. The molecule has 164 valence electrons. The topological polar surface area (TPSA) is 50.3 Å². The summed E-state index contributed by atoms with van der Waals surface area (Å²) in [6, 6.07) is 8.64. The van der Waals surface area contributed by atoms with Gasteiger partial charge in [0.25, 0.3) is 5.91 Å². The molecule has 0 atom stereocenters. The monoisotopic (exact) mass is 413 g/mol. The van der Waals surface area contributed by atoms with Crippen LogP contribution in [0.15, 0.2) is 24.3 Å². The molecule has 0 bridgehead atoms. The van der Waals surface area contributed by atoms with Gasteiger partial charge in [-0.25, -0.2) is 0 Å². The number of piperazine rings is 2. The molecule has 7 heteroatoms. The average molecular weight is 414 g/mol. The van der Waals surface area contributed by atoms with Crippen molar-refractivity contribution in [2.24, 2.45) is 0 Å². The zero-order valence-corrected chi connectivity index (χ0v) is 18.4. The highest BCUT2D eigenvalue weighted by Crippen LogP contribution is 2.25. The molecule has 0 aromatic heterocycles. The van der Waals surface area contributed by atoms with E-state index in [-0.39, 0.29) is 11.8 Å². The number of anilines is 1. The molecule has 7 nitrogen and oxygen atoms in total. The van der Waals surface area contributed by atoms with E-state index in [4.69, 9.17) is 0 Å². The van der Waals surface area contributed by atoms with Gasteiger partial charge in [0.2, 0.25) is 5.91 Å². The second-order valence-corrected chi connectivity index (χ2v) is 9.01. The van der Waals surface area contributed by atoms with Crippen molar-refractivity contribution in [3.05, 3.63) is 29.8 Å². The van der Waals surface area contributed by atoms with Crippen LogP contribution in [0, 0.1) is 0 Å². The lowest BCUT2D eigenvalue weighted by atomic mass is 9.91. The van der Waals surface area contributed by atoms with Crippen LogP contribution in [0.2, 0.25) is 0 Å². The Morgan fingerprint density at radius 1 is 0.900 bits per heavy atom. The fraction of sp³-hybridized carbons (Fsp3) is 0.652. The standard InChI is InChI=1S/C23H35N5O2/c1-24(2)23(30)19-6-8-21(9-7-19)26-12-10-25(11-13-26)18-22(29)28-16-14-27(15-17-28)20-4-3-5-20/h6-9,20H,3-5,10-18H2,1-2H3. The van der Waals surface area contributed by atoms with Crippen LogP contribution in [0.3, 0.4) is 0 Å². The zero-order valence-electron chi connectivity index (χ0n) is 18.4. The maximum atomic E-state index is 12.8. The molecular formula is C23H35N5O2. The van der Waals surface area contributed by atoms with Gasteiger partial charge < -0.3 is 14.7 Å². The van der Waals surface area contributed by atoms with E-state index in [0.29, 0.717) is 12.1 Å². The summed E-state index contributed by atoms with van der Waals surface area (Å²) in [5, 5.41) is 0. The largest absolute Gasteiger partial charge is 0.369 e. The summed E-state index contributed by atoms with van der Waals surface area (Å²) >= 11 is 0. The Kier molecular flexibility index (Phi) is 6.58. The molecule has 0 radical (unpaired) electrons. The maximum Gasteiger partial charge on any atom is 0.253 e. The Morgan fingerprint density at radius 2 is 1.53 bits per heavy atom. The molecule has 2 aliphatic heterocycles. The first-order chi connectivity index (χ1) is 14.5. The van der Waals surface area contributed by atoms with Crippen LogP contribution in [0.4, 0.5) is 5.69 Å². The molecule has 30 heavy (non-hydrogen) atoms. The van der Waals surface area contributed by atoms with Crippen molar-refractivity contribution in [3.63, 3.8) is 0 Å². The normalized spacial score (nSPS) is 21.4. The number of hydrogen-bond acceptors (Lipinski definition) is 5. The Hall–Kier alpha value is -2.12. The van der Waals surface area contributed by atoms with Crippen LogP contribution >= 0.6 is 0 Å². The molecule has 0 spiro atoms. The van der Waals surface area contributed by atoms with E-state index >= 15 is 0 Å². The second kappa shape index (κ2) is 9.35. The van der Waals surface area contributed by atoms with E-state index in [1.54, 1.807) is 19.0 Å². The van der Waals surface area contributed by atoms with Gasteiger partial charge in [-0.05, 0) is 37.1 Å². The molecule has 2 amide bonds. The lowest BCUT2D eigenvalue weighted by Gasteiger charge is -2.43. The maximum absolute atomic E-state index is 12.8. The molecule has 1 aliphatic carbocycles. The second-order valence-electron chi connectivity index (χ2n) is 9.01. The predicted molar refractivity (Wildman–Crippen MR) is 119 cm³/mol. The zero-order chi connectivity index (χ0) is 21.1. The molecule has 1 saturated carbocycles. The number of nitrogens with zero attached hydrogens (tertiary/aromatic N) is 5. The van der Waals surface area contributed by atoms with Crippen LogP contribution in [0.5, 0.6) is 0 Å². The third-order valence-corrected chi connectivity index (χ3v) is 6.87. The van der Waals surface area contributed by atoms with Gasteiger partial charge in [0.05, 0.1) is 6.54 Å². The van der Waals surface area contributed by atoms with Crippen LogP contribution in [0.1, 0.15) is 29.6 Å². The van der Waals surface area contributed by atoms with Crippen molar-refractivity contribution in [2.45, 2.75) is 25.3 Å². The molecule has 2 heterocycles. The third-order valence-electron chi connectivity index (χ3n) is 6.87. The first kappa shape index (κ1) is 21.1. The summed E-state index contributed by atoms with van der Waals surface area (Å²) in [5.74, 6) is 0.307. The highest BCUT2D eigenvalue weighted by atomic mass is 16.2. The van der Waals surface area contributed by atoms with E-state index in [1.807, 2.05) is 24.3 Å². The predicted octanol–water partition coefficient (Wildman–Crippen LogP) is 1.21. The van der Waals surface area contributed by atoms with Gasteiger partial charge in [-0.2, -0.15) is 0 Å². The summed E-state index contributed by atoms with van der Waals surface area (Å²) in [6.45, 7) is 7.98. The van der Waals surface area contributed by atoms with E-state index in [1.165, 1.54) is 19.3 Å². The van der Waals surface area contributed by atoms with Gasteiger partial charge in [0.1, 0.15) is 0 Å². The van der Waals surface area contributed by atoms with Crippen molar-refractivity contribution in [3.8, 4) is 0 Å². The molecule has 1 aromatic carbocycles. The number of carbonyl (C=O) groups is 2. The fourth-order valence-electron chi connectivity index (χ4n) is 4.62. The quantitative estimate of drug-likeness (QED) is 0.726. The number of benzene rings is 1. The molecular weight excluding hydrogens is 378 g/mol. The highest BCUT2D eigenvalue weighted by molar-refractivity contribution is 5.94. The number of carbonyl (C=O) groups excluding carboxylic acids is 2. The van der Waals surface area contributed by atoms with Gasteiger partial charge in [-0.3, -0.25) is 19.4 Å². The Balaban J connectivity index is 1.21. The molecule has 0 unspecified atom stereocenters. The molecule has 0 N–H and O–H groups in total. The molecule has 3 aliphatic rings. The van der Waals surface area contributed by atoms with Crippen LogP contribution in [-0.4, -0.2) is 110 Å². The summed E-state index contributed by atoms with van der Waals surface area (Å²) in [5.41, 5.74) is 1.86. The minimum Gasteiger partial charge on any atom is -0.369 e. The van der Waals surface area contributed by atoms with Crippen molar-refractivity contribution < 1.29 is 9.59 Å². The van der Waals surface area contributed by atoms with Gasteiger partial charge >= 0.3 is 0 Å². The van der Waals surface area contributed by atoms with Crippen molar-refractivity contribution >= 4 is 17.5 Å². The van der Waals surface area contributed by atoms with Crippen molar-refractivity contribution in [1.82, 2.24) is 19.6 Å². The Morgan fingerprint density at radius 3 is 2.07 bits per heavy atom. The lowest BCUT2D eigenvalue weighted by molar-refractivity contribution is -0.134. The summed E-state index contributed by atoms with van der Waals surface area (Å²) in [6.07, 6.45) is 4.05. The lowest BCUT2D eigenvalue weighted by Crippen LogP contribution is -2.56. The summed E-state index contributed by atoms with van der Waals surface area (Å²) in [7, 11) is 3.54. The van der Waals surface area contributed by atoms with Crippen molar-refractivity contribution in [1.29, 1.82) is 0 Å². The number of amides is 2. The summed E-state index contributed by atoms with van der Waals surface area (Å²) < 4.78 is 0. The first-order valence-corrected chi connectivity index (χ1v) is 11.3. The van der Waals surface area contributed by atoms with Crippen LogP contribution in [-0.2, 0) is 4.79 Å². The first-order valence-electron chi connectivity index (χ1n) is 11.3. The van der Waals surface area contributed by atoms with Crippen LogP contribution in [0.25, 0.3) is 0 Å². The minimum atomic E-state index is 0.0263. The van der Waals surface area contributed by atoms with Crippen LogP contribution < -0.4 is 4.90 Å². The number of hydrogen-bond donors (Lipinski definition) is 0. The molecule has 1 aromatic rings. The Bertz CT molecular complexity index is 730. The molecule has 3 fully saturated rings. The average Bonchev–Trinajstić information content (AvgIpc) is 2.73. The van der Waals surface area contributed by atoms with E-state index < -0.39 is 0 Å². The molecule has 2 saturated heterocycles. The smallest absolute Gasteiger partial charge is 0.253 e. The molecule has 4 rings (SSSR count). The van der Waals surface area contributed by atoms with E-state index in [9.17, 15) is 9.59 Å². The Labute approximate surface area is 180 Å². The SMILES string of the molecule is CN(C)C(=O)c1ccc(N2CCN(CC(=O)N3CCN(C4CCC4)CC3)CC2)cc1. The van der Waals surface area contributed by atoms with Crippen molar-refractivity contribution in [2.75, 3.05) is 77.9 Å². The van der Waals surface area contributed by atoms with E-state index in [2.05, 4.69) is 19.6 Å². The van der Waals surface area contributed by atoms with Gasteiger partial charge in [-0.15, -0.1) is 0 Å². The van der Waals surface area contributed by atoms with E-state index in [0.717, 1.165) is 64.1 Å². The third kappa shape index (κ3) is 4.78. The minimum absolute atomic E-state index is 0.0263. The van der Waals surface area contributed by atoms with Gasteiger partial charge in [-0.1, -0.05) is 6.42 Å². The number of rotatable bonds is 5. The van der Waals surface area contributed by atoms with Gasteiger partial charge in [0.15, 0.2) is 0 Å². The highest BCUT2D eigenvalue weighted by Gasteiger charge is 2.30. The van der Waals surface area contributed by atoms with Gasteiger partial charge in [0, 0.05) is 83.7 Å².